The van der Waals surface area contributed by atoms with Crippen molar-refractivity contribution in [2.75, 3.05) is 12.3 Å². The predicted octanol–water partition coefficient (Wildman–Crippen LogP) is 5.50. The highest BCUT2D eigenvalue weighted by Gasteiger charge is 2.33. The van der Waals surface area contributed by atoms with Crippen LogP contribution in [0.2, 0.25) is 10.0 Å². The van der Waals surface area contributed by atoms with Gasteiger partial charge in [0, 0.05) is 33.5 Å². The number of aryl methyl sites for hydroxylation is 2. The molecule has 0 N–H and O–H groups in total. The van der Waals surface area contributed by atoms with Crippen LogP contribution in [0, 0.1) is 13.8 Å². The third-order valence-electron chi connectivity index (χ3n) is 4.00. The molecular weight excluding hydrogens is 349 g/mol. The predicted molar refractivity (Wildman–Crippen MR) is 98.6 cm³/mol. The van der Waals surface area contributed by atoms with Gasteiger partial charge in [0.2, 0.25) is 0 Å². The van der Waals surface area contributed by atoms with Crippen molar-refractivity contribution in [3.05, 3.63) is 68.7 Å². The summed E-state index contributed by atoms with van der Waals surface area (Å²) in [5.41, 5.74) is 3.80. The van der Waals surface area contributed by atoms with Gasteiger partial charge in [0.05, 0.1) is 0 Å². The summed E-state index contributed by atoms with van der Waals surface area (Å²) in [7, 11) is 0. The Morgan fingerprint density at radius 3 is 2.70 bits per heavy atom. The quantitative estimate of drug-likeness (QED) is 0.700. The number of carbonyl (C=O) groups excluding carboxylic acids is 1. The van der Waals surface area contributed by atoms with Gasteiger partial charge in [0.25, 0.3) is 5.91 Å². The van der Waals surface area contributed by atoms with Crippen LogP contribution in [0.4, 0.5) is 0 Å². The van der Waals surface area contributed by atoms with Crippen molar-refractivity contribution in [2.45, 2.75) is 19.2 Å². The summed E-state index contributed by atoms with van der Waals surface area (Å²) >= 11 is 14.1. The van der Waals surface area contributed by atoms with Gasteiger partial charge in [-0.1, -0.05) is 47.0 Å². The van der Waals surface area contributed by atoms with Crippen LogP contribution in [0.25, 0.3) is 0 Å². The van der Waals surface area contributed by atoms with Crippen molar-refractivity contribution in [3.8, 4) is 0 Å². The van der Waals surface area contributed by atoms with Gasteiger partial charge in [0.1, 0.15) is 5.37 Å². The molecule has 0 bridgehead atoms. The van der Waals surface area contributed by atoms with Crippen LogP contribution in [-0.4, -0.2) is 23.1 Å². The number of benzene rings is 2. The van der Waals surface area contributed by atoms with Gasteiger partial charge in [0.15, 0.2) is 0 Å². The summed E-state index contributed by atoms with van der Waals surface area (Å²) in [5, 5.41) is 1.15. The summed E-state index contributed by atoms with van der Waals surface area (Å²) in [5.74, 6) is 0.965. The van der Waals surface area contributed by atoms with Gasteiger partial charge in [-0.25, -0.2) is 0 Å². The lowest BCUT2D eigenvalue weighted by atomic mass is 10.0. The fourth-order valence-electron chi connectivity index (χ4n) is 2.76. The van der Waals surface area contributed by atoms with Gasteiger partial charge >= 0.3 is 0 Å². The highest BCUT2D eigenvalue weighted by Crippen LogP contribution is 2.42. The molecule has 0 aliphatic carbocycles. The molecule has 1 amide bonds. The van der Waals surface area contributed by atoms with Crippen LogP contribution in [0.15, 0.2) is 36.4 Å². The van der Waals surface area contributed by atoms with Crippen LogP contribution >= 0.6 is 35.0 Å². The Labute approximate surface area is 150 Å². The average Bonchev–Trinajstić information content (AvgIpc) is 2.98. The molecule has 0 aromatic heterocycles. The Bertz CT molecular complexity index is 763. The monoisotopic (exact) mass is 365 g/mol. The van der Waals surface area contributed by atoms with E-state index in [0.29, 0.717) is 10.0 Å². The number of amides is 1. The van der Waals surface area contributed by atoms with Gasteiger partial charge in [-0.2, -0.15) is 0 Å². The van der Waals surface area contributed by atoms with Gasteiger partial charge in [-0.05, 0) is 37.6 Å². The second kappa shape index (κ2) is 6.76. The third kappa shape index (κ3) is 3.37. The Morgan fingerprint density at radius 1 is 1.17 bits per heavy atom. The zero-order valence-corrected chi connectivity index (χ0v) is 15.3. The molecule has 5 heteroatoms. The van der Waals surface area contributed by atoms with Crippen LogP contribution in [0.3, 0.4) is 0 Å². The average molecular weight is 366 g/mol. The molecular formula is C18H17Cl2NOS. The summed E-state index contributed by atoms with van der Waals surface area (Å²) in [4.78, 5) is 14.9. The minimum absolute atomic E-state index is 0.0622. The number of thioether (sulfide) groups is 1. The van der Waals surface area contributed by atoms with Crippen molar-refractivity contribution in [1.29, 1.82) is 0 Å². The number of hydrogen-bond acceptors (Lipinski definition) is 2. The molecule has 1 fully saturated rings. The Hall–Kier alpha value is -1.16. The lowest BCUT2D eigenvalue weighted by Crippen LogP contribution is -2.31. The van der Waals surface area contributed by atoms with Crippen molar-refractivity contribution in [3.63, 3.8) is 0 Å². The maximum atomic E-state index is 13.0. The van der Waals surface area contributed by atoms with E-state index in [2.05, 4.69) is 0 Å². The standard InChI is InChI=1S/C18H17Cl2NOS/c1-11-3-4-12(2)15(9-11)17(22)21-7-8-23-18(21)14-6-5-13(19)10-16(14)20/h3-6,9-10,18H,7-8H2,1-2H3. The first-order valence-electron chi connectivity index (χ1n) is 7.42. The molecule has 2 aromatic carbocycles. The van der Waals surface area contributed by atoms with E-state index in [1.807, 2.05) is 49.1 Å². The molecule has 2 aromatic rings. The van der Waals surface area contributed by atoms with Crippen molar-refractivity contribution >= 4 is 40.9 Å². The molecule has 1 aliphatic rings. The fourth-order valence-corrected chi connectivity index (χ4v) is 4.63. The maximum Gasteiger partial charge on any atom is 0.255 e. The summed E-state index contributed by atoms with van der Waals surface area (Å²) in [6, 6.07) is 11.5. The van der Waals surface area contributed by atoms with E-state index in [1.165, 1.54) is 0 Å². The SMILES string of the molecule is Cc1ccc(C)c(C(=O)N2CCSC2c2ccc(Cl)cc2Cl)c1. The zero-order chi connectivity index (χ0) is 16.6. The molecule has 0 radical (unpaired) electrons. The van der Waals surface area contributed by atoms with Crippen molar-refractivity contribution < 1.29 is 4.79 Å². The van der Waals surface area contributed by atoms with Crippen LogP contribution in [0.1, 0.15) is 32.4 Å². The first kappa shape index (κ1) is 16.7. The molecule has 0 saturated carbocycles. The minimum atomic E-state index is -0.0628. The Kier molecular flexibility index (Phi) is 4.90. The van der Waals surface area contributed by atoms with Crippen LogP contribution in [0.5, 0.6) is 0 Å². The summed E-state index contributed by atoms with van der Waals surface area (Å²) < 4.78 is 0. The van der Waals surface area contributed by atoms with Gasteiger partial charge < -0.3 is 4.90 Å². The molecule has 0 spiro atoms. The number of halogens is 2. The number of carbonyl (C=O) groups is 1. The second-order valence-corrected chi connectivity index (χ2v) is 7.74. The van der Waals surface area contributed by atoms with E-state index in [1.54, 1.807) is 17.8 Å². The molecule has 120 valence electrons. The van der Waals surface area contributed by atoms with Crippen molar-refractivity contribution in [2.24, 2.45) is 0 Å². The third-order valence-corrected chi connectivity index (χ3v) is 5.81. The smallest absolute Gasteiger partial charge is 0.255 e. The molecule has 1 atom stereocenters. The highest BCUT2D eigenvalue weighted by molar-refractivity contribution is 7.99. The molecule has 3 rings (SSSR count). The van der Waals surface area contributed by atoms with E-state index < -0.39 is 0 Å². The summed E-state index contributed by atoms with van der Waals surface area (Å²) in [6.07, 6.45) is 0. The van der Waals surface area contributed by atoms with Crippen molar-refractivity contribution in [1.82, 2.24) is 4.90 Å². The molecule has 2 nitrogen and oxygen atoms in total. The number of nitrogens with zero attached hydrogens (tertiary/aromatic N) is 1. The van der Waals surface area contributed by atoms with E-state index in [9.17, 15) is 4.79 Å². The lowest BCUT2D eigenvalue weighted by molar-refractivity contribution is 0.0759. The van der Waals surface area contributed by atoms with Gasteiger partial charge in [-0.3, -0.25) is 4.79 Å². The second-order valence-electron chi connectivity index (χ2n) is 5.71. The molecule has 23 heavy (non-hydrogen) atoms. The highest BCUT2D eigenvalue weighted by atomic mass is 35.5. The first-order valence-corrected chi connectivity index (χ1v) is 9.22. The molecule has 1 heterocycles. The zero-order valence-electron chi connectivity index (χ0n) is 13.0. The van der Waals surface area contributed by atoms with E-state index in [4.69, 9.17) is 23.2 Å². The molecule has 1 unspecified atom stereocenters. The normalized spacial score (nSPS) is 17.6. The molecule has 1 aliphatic heterocycles. The first-order chi connectivity index (χ1) is 11.0. The van der Waals surface area contributed by atoms with E-state index in [0.717, 1.165) is 34.6 Å². The van der Waals surface area contributed by atoms with E-state index in [-0.39, 0.29) is 11.3 Å². The topological polar surface area (TPSA) is 20.3 Å². The van der Waals surface area contributed by atoms with Crippen LogP contribution in [-0.2, 0) is 0 Å². The van der Waals surface area contributed by atoms with Gasteiger partial charge in [-0.15, -0.1) is 11.8 Å². The molecule has 1 saturated heterocycles. The fraction of sp³-hybridized carbons (Fsp3) is 0.278. The Balaban J connectivity index is 1.95. The number of rotatable bonds is 2. The van der Waals surface area contributed by atoms with Crippen LogP contribution < -0.4 is 0 Å². The number of hydrogen-bond donors (Lipinski definition) is 0. The Morgan fingerprint density at radius 2 is 1.96 bits per heavy atom. The largest absolute Gasteiger partial charge is 0.322 e. The minimum Gasteiger partial charge on any atom is -0.322 e. The maximum absolute atomic E-state index is 13.0. The van der Waals surface area contributed by atoms with E-state index >= 15 is 0 Å². The summed E-state index contributed by atoms with van der Waals surface area (Å²) in [6.45, 7) is 4.70. The lowest BCUT2D eigenvalue weighted by Gasteiger charge is -2.25.